The van der Waals surface area contributed by atoms with Crippen LogP contribution in [0.2, 0.25) is 5.02 Å². The molecule has 0 radical (unpaired) electrons. The number of halogens is 1. The first-order chi connectivity index (χ1) is 8.81. The number of pyridine rings is 1. The highest BCUT2D eigenvalue weighted by Gasteiger charge is 1.98. The Hall–Kier alpha value is -2.27. The zero-order chi connectivity index (χ0) is 12.4. The number of benzene rings is 1. The average molecular weight is 258 g/mol. The van der Waals surface area contributed by atoms with Crippen LogP contribution in [0.15, 0.2) is 41.5 Å². The van der Waals surface area contributed by atoms with Gasteiger partial charge in [-0.3, -0.25) is 0 Å². The summed E-state index contributed by atoms with van der Waals surface area (Å²) >= 11 is 5.75. The normalized spacial score (nSPS) is 11.4. The van der Waals surface area contributed by atoms with Crippen molar-refractivity contribution in [3.63, 3.8) is 0 Å². The lowest BCUT2D eigenvalue weighted by atomic mass is 10.2. The van der Waals surface area contributed by atoms with E-state index in [2.05, 4.69) is 25.4 Å². The standard InChI is InChI=1S/C12H8ClN5/c13-9-2-4-12(15-7-9)14-6-8-1-3-10-11(5-8)17-18-16-10/h1-7H,(H,16,17,18). The molecular formula is C12H8ClN5. The monoisotopic (exact) mass is 257 g/mol. The molecule has 88 valence electrons. The first kappa shape index (κ1) is 10.9. The van der Waals surface area contributed by atoms with Crippen LogP contribution in [0.4, 0.5) is 5.82 Å². The lowest BCUT2D eigenvalue weighted by Crippen LogP contribution is -1.81. The highest BCUT2D eigenvalue weighted by Crippen LogP contribution is 2.13. The van der Waals surface area contributed by atoms with Crippen LogP contribution in [0, 0.1) is 0 Å². The van der Waals surface area contributed by atoms with Crippen molar-refractivity contribution in [2.45, 2.75) is 0 Å². The molecule has 0 aliphatic heterocycles. The van der Waals surface area contributed by atoms with Crippen molar-refractivity contribution in [3.05, 3.63) is 47.1 Å². The van der Waals surface area contributed by atoms with E-state index >= 15 is 0 Å². The van der Waals surface area contributed by atoms with Crippen LogP contribution < -0.4 is 0 Å². The van der Waals surface area contributed by atoms with Gasteiger partial charge >= 0.3 is 0 Å². The van der Waals surface area contributed by atoms with Crippen molar-refractivity contribution in [1.29, 1.82) is 0 Å². The molecule has 0 fully saturated rings. The number of rotatable bonds is 2. The second-order valence-electron chi connectivity index (χ2n) is 3.66. The summed E-state index contributed by atoms with van der Waals surface area (Å²) in [5.74, 6) is 0.611. The van der Waals surface area contributed by atoms with Gasteiger partial charge in [0.2, 0.25) is 0 Å². The maximum absolute atomic E-state index is 5.75. The minimum absolute atomic E-state index is 0.595. The predicted molar refractivity (Wildman–Crippen MR) is 70.4 cm³/mol. The van der Waals surface area contributed by atoms with Gasteiger partial charge < -0.3 is 0 Å². The number of hydrogen-bond donors (Lipinski definition) is 1. The third kappa shape index (κ3) is 2.21. The second kappa shape index (κ2) is 4.54. The summed E-state index contributed by atoms with van der Waals surface area (Å²) in [5.41, 5.74) is 2.58. The van der Waals surface area contributed by atoms with Gasteiger partial charge in [-0.1, -0.05) is 17.7 Å². The Morgan fingerprint density at radius 3 is 2.83 bits per heavy atom. The minimum Gasteiger partial charge on any atom is -0.237 e. The van der Waals surface area contributed by atoms with Crippen molar-refractivity contribution >= 4 is 34.7 Å². The highest BCUT2D eigenvalue weighted by molar-refractivity contribution is 6.30. The van der Waals surface area contributed by atoms with E-state index in [1.54, 1.807) is 24.5 Å². The van der Waals surface area contributed by atoms with E-state index in [1.165, 1.54) is 0 Å². The van der Waals surface area contributed by atoms with Crippen LogP contribution in [0.25, 0.3) is 11.0 Å². The lowest BCUT2D eigenvalue weighted by Gasteiger charge is -1.94. The topological polar surface area (TPSA) is 66.8 Å². The Bertz CT molecular complexity index is 702. The number of H-pyrrole nitrogens is 1. The third-order valence-electron chi connectivity index (χ3n) is 2.40. The van der Waals surface area contributed by atoms with Crippen LogP contribution in [-0.2, 0) is 0 Å². The Morgan fingerprint density at radius 2 is 2.00 bits per heavy atom. The third-order valence-corrected chi connectivity index (χ3v) is 2.62. The van der Waals surface area contributed by atoms with Gasteiger partial charge in [0, 0.05) is 12.4 Å². The van der Waals surface area contributed by atoms with E-state index in [-0.39, 0.29) is 0 Å². The smallest absolute Gasteiger partial charge is 0.151 e. The van der Waals surface area contributed by atoms with Crippen molar-refractivity contribution in [2.75, 3.05) is 0 Å². The van der Waals surface area contributed by atoms with Crippen LogP contribution in [-0.4, -0.2) is 26.6 Å². The zero-order valence-corrected chi connectivity index (χ0v) is 9.96. The molecule has 0 bridgehead atoms. The Kier molecular flexibility index (Phi) is 2.74. The molecule has 1 N–H and O–H groups in total. The molecule has 0 unspecified atom stereocenters. The largest absolute Gasteiger partial charge is 0.237 e. The molecule has 0 aliphatic carbocycles. The molecule has 3 aromatic rings. The molecule has 2 aromatic heterocycles. The summed E-state index contributed by atoms with van der Waals surface area (Å²) in [6.07, 6.45) is 3.29. The summed E-state index contributed by atoms with van der Waals surface area (Å²) in [4.78, 5) is 8.34. The van der Waals surface area contributed by atoms with Crippen LogP contribution in [0.5, 0.6) is 0 Å². The minimum atomic E-state index is 0.595. The Balaban J connectivity index is 1.88. The summed E-state index contributed by atoms with van der Waals surface area (Å²) in [6.45, 7) is 0. The molecule has 0 saturated carbocycles. The van der Waals surface area contributed by atoms with E-state index < -0.39 is 0 Å². The van der Waals surface area contributed by atoms with Gasteiger partial charge in [-0.2, -0.15) is 15.4 Å². The summed E-state index contributed by atoms with van der Waals surface area (Å²) in [6, 6.07) is 9.22. The number of hydrogen-bond acceptors (Lipinski definition) is 4. The Labute approximate surface area is 108 Å². The number of aromatic nitrogens is 4. The Morgan fingerprint density at radius 1 is 1.11 bits per heavy atom. The van der Waals surface area contributed by atoms with Gasteiger partial charge in [-0.25, -0.2) is 9.98 Å². The van der Waals surface area contributed by atoms with E-state index in [9.17, 15) is 0 Å². The predicted octanol–water partition coefficient (Wildman–Crippen LogP) is 2.76. The van der Waals surface area contributed by atoms with E-state index in [0.717, 1.165) is 16.6 Å². The van der Waals surface area contributed by atoms with Crippen molar-refractivity contribution < 1.29 is 0 Å². The fraction of sp³-hybridized carbons (Fsp3) is 0. The molecule has 0 spiro atoms. The molecule has 1 aromatic carbocycles. The quantitative estimate of drug-likeness (QED) is 0.718. The molecule has 2 heterocycles. The molecule has 0 aliphatic rings. The number of aliphatic imine (C=N–C) groups is 1. The SMILES string of the molecule is Clc1ccc(N=Cc2ccc3n[nH]nc3c2)nc1. The van der Waals surface area contributed by atoms with Crippen molar-refractivity contribution in [1.82, 2.24) is 20.4 Å². The summed E-state index contributed by atoms with van der Waals surface area (Å²) in [7, 11) is 0. The van der Waals surface area contributed by atoms with Crippen LogP contribution in [0.3, 0.4) is 0 Å². The highest BCUT2D eigenvalue weighted by atomic mass is 35.5. The summed E-state index contributed by atoms with van der Waals surface area (Å²) in [5, 5.41) is 11.2. The molecule has 5 nitrogen and oxygen atoms in total. The van der Waals surface area contributed by atoms with Gasteiger partial charge in [0.05, 0.1) is 5.02 Å². The van der Waals surface area contributed by atoms with Gasteiger partial charge in [0.25, 0.3) is 0 Å². The number of aromatic amines is 1. The van der Waals surface area contributed by atoms with Crippen LogP contribution >= 0.6 is 11.6 Å². The van der Waals surface area contributed by atoms with Crippen molar-refractivity contribution in [3.8, 4) is 0 Å². The molecular weight excluding hydrogens is 250 g/mol. The molecule has 6 heteroatoms. The fourth-order valence-corrected chi connectivity index (χ4v) is 1.63. The molecule has 3 rings (SSSR count). The van der Waals surface area contributed by atoms with E-state index in [4.69, 9.17) is 11.6 Å². The van der Waals surface area contributed by atoms with Gasteiger partial charge in [-0.05, 0) is 29.8 Å². The average Bonchev–Trinajstić information content (AvgIpc) is 2.85. The fourth-order valence-electron chi connectivity index (χ4n) is 1.52. The molecule has 0 saturated heterocycles. The molecule has 18 heavy (non-hydrogen) atoms. The zero-order valence-electron chi connectivity index (χ0n) is 9.21. The first-order valence-electron chi connectivity index (χ1n) is 5.27. The second-order valence-corrected chi connectivity index (χ2v) is 4.10. The maximum Gasteiger partial charge on any atom is 0.151 e. The maximum atomic E-state index is 5.75. The number of nitrogens with one attached hydrogen (secondary N) is 1. The van der Waals surface area contributed by atoms with Gasteiger partial charge in [-0.15, -0.1) is 0 Å². The molecule has 0 atom stereocenters. The molecule has 0 amide bonds. The number of fused-ring (bicyclic) bond motifs is 1. The van der Waals surface area contributed by atoms with E-state index in [1.807, 2.05) is 18.2 Å². The van der Waals surface area contributed by atoms with Crippen molar-refractivity contribution in [2.24, 2.45) is 4.99 Å². The number of nitrogens with zero attached hydrogens (tertiary/aromatic N) is 4. The summed E-state index contributed by atoms with van der Waals surface area (Å²) < 4.78 is 0. The van der Waals surface area contributed by atoms with E-state index in [0.29, 0.717) is 10.8 Å². The van der Waals surface area contributed by atoms with Gasteiger partial charge in [0.1, 0.15) is 11.0 Å². The van der Waals surface area contributed by atoms with Gasteiger partial charge in [0.15, 0.2) is 5.82 Å². The first-order valence-corrected chi connectivity index (χ1v) is 5.65. The lowest BCUT2D eigenvalue weighted by molar-refractivity contribution is 0.959. The van der Waals surface area contributed by atoms with Crippen LogP contribution in [0.1, 0.15) is 5.56 Å².